The zero-order valence-corrected chi connectivity index (χ0v) is 13.8. The van der Waals surface area contributed by atoms with Gasteiger partial charge < -0.3 is 10.2 Å². The van der Waals surface area contributed by atoms with Crippen molar-refractivity contribution in [3.8, 4) is 0 Å². The predicted molar refractivity (Wildman–Crippen MR) is 90.6 cm³/mol. The Morgan fingerprint density at radius 1 is 1.09 bits per heavy atom. The molecule has 0 saturated carbocycles. The van der Waals surface area contributed by atoms with Crippen LogP contribution in [0.4, 0.5) is 0 Å². The summed E-state index contributed by atoms with van der Waals surface area (Å²) >= 11 is 0. The van der Waals surface area contributed by atoms with E-state index in [1.54, 1.807) is 0 Å². The van der Waals surface area contributed by atoms with Gasteiger partial charge >= 0.3 is 0 Å². The lowest BCUT2D eigenvalue weighted by Crippen LogP contribution is -2.50. The number of benzene rings is 1. The lowest BCUT2D eigenvalue weighted by atomic mass is 9.69. The van der Waals surface area contributed by atoms with Crippen LogP contribution < -0.4 is 5.32 Å². The van der Waals surface area contributed by atoms with Gasteiger partial charge in [-0.05, 0) is 67.7 Å². The lowest BCUT2D eigenvalue weighted by Gasteiger charge is -2.47. The maximum atomic E-state index is 13.4. The van der Waals surface area contributed by atoms with Gasteiger partial charge in [-0.1, -0.05) is 18.2 Å². The van der Waals surface area contributed by atoms with Crippen LogP contribution in [0.3, 0.4) is 0 Å². The van der Waals surface area contributed by atoms with Gasteiger partial charge in [-0.2, -0.15) is 0 Å². The number of rotatable bonds is 1. The highest BCUT2D eigenvalue weighted by Gasteiger charge is 2.43. The second-order valence-corrected chi connectivity index (χ2v) is 8.06. The molecule has 3 unspecified atom stereocenters. The number of carbonyl (C=O) groups excluding carboxylic acids is 1. The van der Waals surface area contributed by atoms with Crippen molar-refractivity contribution in [2.75, 3.05) is 26.2 Å². The number of hydrogen-bond acceptors (Lipinski definition) is 3. The average Bonchev–Trinajstić information content (AvgIpc) is 2.75. The number of nitrogens with zero attached hydrogens (tertiary/aromatic N) is 1. The second-order valence-electron chi connectivity index (χ2n) is 8.06. The fourth-order valence-corrected chi connectivity index (χ4v) is 5.78. The fourth-order valence-electron chi connectivity index (χ4n) is 5.78. The zero-order valence-electron chi connectivity index (χ0n) is 13.8. The van der Waals surface area contributed by atoms with Crippen LogP contribution in [0.1, 0.15) is 53.1 Å². The van der Waals surface area contributed by atoms with Gasteiger partial charge in [0.15, 0.2) is 5.78 Å². The van der Waals surface area contributed by atoms with Crippen molar-refractivity contribution in [1.82, 2.24) is 10.2 Å². The average molecular weight is 310 g/mol. The molecule has 0 amide bonds. The van der Waals surface area contributed by atoms with Crippen LogP contribution >= 0.6 is 0 Å². The lowest BCUT2D eigenvalue weighted by molar-refractivity contribution is 0.0178. The number of nitrogens with one attached hydrogen (secondary N) is 1. The van der Waals surface area contributed by atoms with Crippen LogP contribution in [0.5, 0.6) is 0 Å². The summed E-state index contributed by atoms with van der Waals surface area (Å²) in [5.74, 6) is 2.67. The summed E-state index contributed by atoms with van der Waals surface area (Å²) in [5.41, 5.74) is 3.81. The Balaban J connectivity index is 1.53. The molecular formula is C20H26N2O. The SMILES string of the molecule is O=C1c2cccc3c2C(CCC1C1CN2CCC1CC2)CNC3. The number of ketones is 1. The van der Waals surface area contributed by atoms with E-state index in [0.717, 1.165) is 31.0 Å². The highest BCUT2D eigenvalue weighted by molar-refractivity contribution is 6.00. The molecule has 3 saturated heterocycles. The largest absolute Gasteiger partial charge is 0.312 e. The minimum atomic E-state index is 0.264. The highest BCUT2D eigenvalue weighted by Crippen LogP contribution is 2.44. The zero-order chi connectivity index (χ0) is 15.4. The number of hydrogen-bond donors (Lipinski definition) is 1. The van der Waals surface area contributed by atoms with E-state index >= 15 is 0 Å². The van der Waals surface area contributed by atoms with E-state index in [0.29, 0.717) is 17.6 Å². The van der Waals surface area contributed by atoms with Crippen LogP contribution in [0, 0.1) is 17.8 Å². The first-order chi connectivity index (χ1) is 11.3. The molecule has 3 fully saturated rings. The third-order valence-corrected chi connectivity index (χ3v) is 6.96. The van der Waals surface area contributed by atoms with E-state index in [1.165, 1.54) is 50.0 Å². The molecule has 0 aromatic heterocycles. The standard InChI is InChI=1S/C20H26N2O/c23-20-16(18-12-22-8-6-13(18)7-9-22)5-4-15-11-21-10-14-2-1-3-17(20)19(14)15/h1-3,13,15-16,18,21H,4-12H2. The Kier molecular flexibility index (Phi) is 3.34. The summed E-state index contributed by atoms with van der Waals surface area (Å²) in [6.07, 6.45) is 4.89. The Morgan fingerprint density at radius 3 is 2.74 bits per heavy atom. The first-order valence-electron chi connectivity index (χ1n) is 9.40. The second kappa shape index (κ2) is 5.42. The summed E-state index contributed by atoms with van der Waals surface area (Å²) < 4.78 is 0. The first-order valence-corrected chi connectivity index (χ1v) is 9.40. The topological polar surface area (TPSA) is 32.3 Å². The highest BCUT2D eigenvalue weighted by atomic mass is 16.1. The van der Waals surface area contributed by atoms with Crippen LogP contribution in [0.2, 0.25) is 0 Å². The van der Waals surface area contributed by atoms with Crippen molar-refractivity contribution in [2.45, 2.75) is 38.1 Å². The maximum absolute atomic E-state index is 13.4. The molecule has 0 spiro atoms. The molecule has 23 heavy (non-hydrogen) atoms. The summed E-state index contributed by atoms with van der Waals surface area (Å²) in [6.45, 7) is 5.66. The number of fused-ring (bicyclic) bond motifs is 3. The predicted octanol–water partition coefficient (Wildman–Crippen LogP) is 2.81. The van der Waals surface area contributed by atoms with Crippen LogP contribution in [0.15, 0.2) is 18.2 Å². The van der Waals surface area contributed by atoms with Gasteiger partial charge in [-0.15, -0.1) is 0 Å². The van der Waals surface area contributed by atoms with E-state index in [-0.39, 0.29) is 5.92 Å². The minimum absolute atomic E-state index is 0.264. The van der Waals surface area contributed by atoms with Gasteiger partial charge in [0.05, 0.1) is 0 Å². The normalized spacial score (nSPS) is 39.0. The molecule has 6 rings (SSSR count). The first kappa shape index (κ1) is 14.2. The third kappa shape index (κ3) is 2.20. The van der Waals surface area contributed by atoms with Crippen molar-refractivity contribution in [1.29, 1.82) is 0 Å². The van der Waals surface area contributed by atoms with Crippen LogP contribution in [-0.2, 0) is 6.54 Å². The third-order valence-electron chi connectivity index (χ3n) is 6.96. The molecule has 2 bridgehead atoms. The van der Waals surface area contributed by atoms with Gasteiger partial charge in [0, 0.05) is 31.1 Å². The Hall–Kier alpha value is -1.19. The molecule has 122 valence electrons. The molecule has 1 aromatic rings. The maximum Gasteiger partial charge on any atom is 0.166 e. The minimum Gasteiger partial charge on any atom is -0.312 e. The van der Waals surface area contributed by atoms with Crippen molar-refractivity contribution >= 4 is 5.78 Å². The molecule has 4 aliphatic heterocycles. The van der Waals surface area contributed by atoms with E-state index in [1.807, 2.05) is 0 Å². The van der Waals surface area contributed by atoms with Gasteiger partial charge in [0.2, 0.25) is 0 Å². The number of piperidine rings is 3. The summed E-state index contributed by atoms with van der Waals surface area (Å²) in [6, 6.07) is 6.41. The smallest absolute Gasteiger partial charge is 0.166 e. The van der Waals surface area contributed by atoms with Gasteiger partial charge in [0.1, 0.15) is 0 Å². The summed E-state index contributed by atoms with van der Waals surface area (Å²) in [4.78, 5) is 16.0. The Bertz CT molecular complexity index is 633. The molecule has 3 heteroatoms. The molecule has 3 nitrogen and oxygen atoms in total. The quantitative estimate of drug-likeness (QED) is 0.866. The molecule has 1 aromatic carbocycles. The molecule has 1 N–H and O–H groups in total. The molecule has 4 heterocycles. The summed E-state index contributed by atoms with van der Waals surface area (Å²) in [7, 11) is 0. The van der Waals surface area contributed by atoms with Gasteiger partial charge in [-0.3, -0.25) is 4.79 Å². The van der Waals surface area contributed by atoms with Crippen molar-refractivity contribution in [2.24, 2.45) is 17.8 Å². The molecule has 0 radical (unpaired) electrons. The van der Waals surface area contributed by atoms with Crippen LogP contribution in [-0.4, -0.2) is 36.9 Å². The molecule has 5 aliphatic rings. The van der Waals surface area contributed by atoms with Gasteiger partial charge in [0.25, 0.3) is 0 Å². The van der Waals surface area contributed by atoms with Gasteiger partial charge in [-0.25, -0.2) is 0 Å². The van der Waals surface area contributed by atoms with Crippen molar-refractivity contribution < 1.29 is 4.79 Å². The van der Waals surface area contributed by atoms with Crippen molar-refractivity contribution in [3.05, 3.63) is 34.9 Å². The van der Waals surface area contributed by atoms with E-state index < -0.39 is 0 Å². The molecular weight excluding hydrogens is 284 g/mol. The Labute approximate surface area is 138 Å². The summed E-state index contributed by atoms with van der Waals surface area (Å²) in [5, 5.41) is 3.55. The monoisotopic (exact) mass is 310 g/mol. The molecule has 3 atom stereocenters. The van der Waals surface area contributed by atoms with Crippen molar-refractivity contribution in [3.63, 3.8) is 0 Å². The number of carbonyl (C=O) groups is 1. The Morgan fingerprint density at radius 2 is 1.96 bits per heavy atom. The van der Waals surface area contributed by atoms with E-state index in [2.05, 4.69) is 28.4 Å². The molecule has 1 aliphatic carbocycles. The fraction of sp³-hybridized carbons (Fsp3) is 0.650. The number of Topliss-reactive ketones (excluding diaryl/α,β-unsaturated/α-hetero) is 1. The van der Waals surface area contributed by atoms with E-state index in [9.17, 15) is 4.79 Å². The van der Waals surface area contributed by atoms with E-state index in [4.69, 9.17) is 0 Å². The van der Waals surface area contributed by atoms with Crippen LogP contribution in [0.25, 0.3) is 0 Å².